The van der Waals surface area contributed by atoms with Gasteiger partial charge in [-0.05, 0) is 44.2 Å². The summed E-state index contributed by atoms with van der Waals surface area (Å²) in [6.07, 6.45) is 1.07. The number of benzene rings is 1. The summed E-state index contributed by atoms with van der Waals surface area (Å²) in [7, 11) is 0. The van der Waals surface area contributed by atoms with Gasteiger partial charge in [-0.1, -0.05) is 13.8 Å². The van der Waals surface area contributed by atoms with Crippen molar-refractivity contribution in [2.45, 2.75) is 34.1 Å². The summed E-state index contributed by atoms with van der Waals surface area (Å²) in [4.78, 5) is 0. The van der Waals surface area contributed by atoms with Gasteiger partial charge in [0, 0.05) is 12.1 Å². The molecule has 0 fully saturated rings. The Kier molecular flexibility index (Phi) is 4.56. The Morgan fingerprint density at radius 2 is 1.79 bits per heavy atom. The van der Waals surface area contributed by atoms with Gasteiger partial charge in [0.15, 0.2) is 0 Å². The van der Waals surface area contributed by atoms with Gasteiger partial charge >= 0.3 is 0 Å². The van der Waals surface area contributed by atoms with E-state index in [0.29, 0.717) is 25.0 Å². The first-order valence-electron chi connectivity index (χ1n) is 7.32. The van der Waals surface area contributed by atoms with Crippen molar-refractivity contribution in [1.29, 1.82) is 0 Å². The molecular formula is C16H25NO2. The molecule has 2 rings (SSSR count). The van der Waals surface area contributed by atoms with Crippen LogP contribution in [-0.2, 0) is 6.42 Å². The molecule has 0 saturated carbocycles. The zero-order valence-electron chi connectivity index (χ0n) is 12.5. The molecule has 0 radical (unpaired) electrons. The average molecular weight is 263 g/mol. The molecule has 0 spiro atoms. The smallest absolute Gasteiger partial charge is 0.142 e. The van der Waals surface area contributed by atoms with E-state index in [9.17, 15) is 0 Å². The van der Waals surface area contributed by atoms with Gasteiger partial charge in [-0.25, -0.2) is 0 Å². The van der Waals surface area contributed by atoms with Gasteiger partial charge in [0.05, 0.1) is 18.9 Å². The van der Waals surface area contributed by atoms with E-state index in [1.54, 1.807) is 0 Å². The molecule has 1 unspecified atom stereocenters. The fourth-order valence-corrected chi connectivity index (χ4v) is 2.61. The highest BCUT2D eigenvalue weighted by Gasteiger charge is 2.26. The molecule has 0 aliphatic carbocycles. The number of anilines is 1. The van der Waals surface area contributed by atoms with Crippen LogP contribution in [0.25, 0.3) is 0 Å². The molecule has 3 heteroatoms. The van der Waals surface area contributed by atoms with E-state index in [0.717, 1.165) is 30.2 Å². The van der Waals surface area contributed by atoms with Crippen molar-refractivity contribution in [2.75, 3.05) is 25.1 Å². The second-order valence-electron chi connectivity index (χ2n) is 5.37. The first kappa shape index (κ1) is 14.0. The van der Waals surface area contributed by atoms with Crippen LogP contribution in [0, 0.1) is 11.8 Å². The van der Waals surface area contributed by atoms with Crippen LogP contribution in [-0.4, -0.2) is 19.8 Å². The van der Waals surface area contributed by atoms with Crippen molar-refractivity contribution < 1.29 is 9.47 Å². The van der Waals surface area contributed by atoms with E-state index in [2.05, 4.69) is 19.2 Å². The summed E-state index contributed by atoms with van der Waals surface area (Å²) in [5.74, 6) is 3.27. The van der Waals surface area contributed by atoms with Gasteiger partial charge in [0.25, 0.3) is 0 Å². The lowest BCUT2D eigenvalue weighted by atomic mass is 9.85. The first-order chi connectivity index (χ1) is 9.17. The molecule has 0 saturated heterocycles. The summed E-state index contributed by atoms with van der Waals surface area (Å²) >= 11 is 0. The van der Waals surface area contributed by atoms with E-state index in [-0.39, 0.29) is 0 Å². The Hall–Kier alpha value is -1.38. The molecule has 1 aromatic rings. The van der Waals surface area contributed by atoms with Crippen molar-refractivity contribution >= 4 is 5.69 Å². The summed E-state index contributed by atoms with van der Waals surface area (Å²) in [5, 5.41) is 3.54. The lowest BCUT2D eigenvalue weighted by Crippen LogP contribution is -2.27. The second-order valence-corrected chi connectivity index (χ2v) is 5.37. The third-order valence-electron chi connectivity index (χ3n) is 3.78. The van der Waals surface area contributed by atoms with Gasteiger partial charge in [0.1, 0.15) is 11.5 Å². The van der Waals surface area contributed by atoms with E-state index in [1.165, 1.54) is 5.56 Å². The molecule has 1 aliphatic rings. The molecule has 106 valence electrons. The predicted octanol–water partition coefficient (Wildman–Crippen LogP) is 3.72. The van der Waals surface area contributed by atoms with Crippen LogP contribution >= 0.6 is 0 Å². The minimum atomic E-state index is 0.656. The normalized spacial score (nSPS) is 17.8. The molecular weight excluding hydrogens is 238 g/mol. The number of nitrogens with one attached hydrogen (secondary N) is 1. The second kappa shape index (κ2) is 6.18. The largest absolute Gasteiger partial charge is 0.494 e. The fraction of sp³-hybridized carbons (Fsp3) is 0.625. The minimum Gasteiger partial charge on any atom is -0.494 e. The topological polar surface area (TPSA) is 30.5 Å². The maximum atomic E-state index is 5.77. The Morgan fingerprint density at radius 3 is 2.42 bits per heavy atom. The summed E-state index contributed by atoms with van der Waals surface area (Å²) in [5.41, 5.74) is 2.41. The highest BCUT2D eigenvalue weighted by atomic mass is 16.5. The maximum Gasteiger partial charge on any atom is 0.142 e. The Labute approximate surface area is 116 Å². The number of hydrogen-bond acceptors (Lipinski definition) is 3. The summed E-state index contributed by atoms with van der Waals surface area (Å²) < 4.78 is 11.5. The van der Waals surface area contributed by atoms with Gasteiger partial charge in [-0.15, -0.1) is 0 Å². The lowest BCUT2D eigenvalue weighted by Gasteiger charge is -2.31. The number of rotatable bonds is 5. The Bertz CT molecular complexity index is 429. The van der Waals surface area contributed by atoms with Crippen LogP contribution < -0.4 is 14.8 Å². The molecule has 1 N–H and O–H groups in total. The monoisotopic (exact) mass is 263 g/mol. The molecule has 3 nitrogen and oxygen atoms in total. The highest BCUT2D eigenvalue weighted by Crippen LogP contribution is 2.41. The quantitative estimate of drug-likeness (QED) is 0.878. The fourth-order valence-electron chi connectivity index (χ4n) is 2.61. The standard InChI is InChI=1S/C16H25NO2/c1-5-18-14-7-8-15(19-6-2)16-13(14)9-12(10-17-16)11(3)4/h7-8,11-12,17H,5-6,9-10H2,1-4H3. The van der Waals surface area contributed by atoms with E-state index in [4.69, 9.17) is 9.47 Å². The van der Waals surface area contributed by atoms with Gasteiger partial charge in [-0.2, -0.15) is 0 Å². The number of ether oxygens (including phenoxy) is 2. The van der Waals surface area contributed by atoms with Crippen molar-refractivity contribution in [2.24, 2.45) is 11.8 Å². The van der Waals surface area contributed by atoms with Crippen molar-refractivity contribution in [3.8, 4) is 11.5 Å². The average Bonchev–Trinajstić information content (AvgIpc) is 2.41. The van der Waals surface area contributed by atoms with E-state index in [1.807, 2.05) is 26.0 Å². The third kappa shape index (κ3) is 2.96. The molecule has 1 atom stereocenters. The first-order valence-corrected chi connectivity index (χ1v) is 7.32. The minimum absolute atomic E-state index is 0.656. The van der Waals surface area contributed by atoms with Gasteiger partial charge in [0.2, 0.25) is 0 Å². The molecule has 0 aromatic heterocycles. The molecule has 1 aromatic carbocycles. The Morgan fingerprint density at radius 1 is 1.16 bits per heavy atom. The maximum absolute atomic E-state index is 5.77. The van der Waals surface area contributed by atoms with Crippen LogP contribution in [0.4, 0.5) is 5.69 Å². The van der Waals surface area contributed by atoms with Crippen molar-refractivity contribution in [3.05, 3.63) is 17.7 Å². The Balaban J connectivity index is 2.36. The molecule has 0 amide bonds. The summed E-state index contributed by atoms with van der Waals surface area (Å²) in [6.45, 7) is 11.0. The third-order valence-corrected chi connectivity index (χ3v) is 3.78. The molecule has 1 heterocycles. The SMILES string of the molecule is CCOc1ccc(OCC)c2c1CC(C(C)C)CN2. The van der Waals surface area contributed by atoms with Gasteiger partial charge in [-0.3, -0.25) is 0 Å². The number of hydrogen-bond donors (Lipinski definition) is 1. The van der Waals surface area contributed by atoms with Crippen LogP contribution in [0.15, 0.2) is 12.1 Å². The molecule has 1 aliphatic heterocycles. The van der Waals surface area contributed by atoms with Crippen molar-refractivity contribution in [1.82, 2.24) is 0 Å². The van der Waals surface area contributed by atoms with Crippen LogP contribution in [0.1, 0.15) is 33.3 Å². The van der Waals surface area contributed by atoms with Crippen LogP contribution in [0.5, 0.6) is 11.5 Å². The summed E-state index contributed by atoms with van der Waals surface area (Å²) in [6, 6.07) is 4.05. The van der Waals surface area contributed by atoms with E-state index < -0.39 is 0 Å². The lowest BCUT2D eigenvalue weighted by molar-refractivity contribution is 0.318. The predicted molar refractivity (Wildman–Crippen MR) is 79.3 cm³/mol. The molecule has 0 bridgehead atoms. The van der Waals surface area contributed by atoms with E-state index >= 15 is 0 Å². The highest BCUT2D eigenvalue weighted by molar-refractivity contribution is 5.68. The van der Waals surface area contributed by atoms with Crippen molar-refractivity contribution in [3.63, 3.8) is 0 Å². The molecule has 19 heavy (non-hydrogen) atoms. The number of fused-ring (bicyclic) bond motifs is 1. The van der Waals surface area contributed by atoms with Gasteiger partial charge < -0.3 is 14.8 Å². The van der Waals surface area contributed by atoms with Crippen LogP contribution in [0.2, 0.25) is 0 Å². The van der Waals surface area contributed by atoms with Crippen LogP contribution in [0.3, 0.4) is 0 Å². The zero-order chi connectivity index (χ0) is 13.8. The zero-order valence-corrected chi connectivity index (χ0v) is 12.5.